The average Bonchev–Trinajstić information content (AvgIpc) is 3.34. The van der Waals surface area contributed by atoms with Gasteiger partial charge in [-0.25, -0.2) is 13.4 Å². The standard InChI is InChI=1S/C25H28N6O3S2/c1-30-11-13-31(14-12-30)17-8-9-18(21(16-17)34-2)27-25-28-20-10-15-35-23(20)24(29-25)26-19-6-4-5-7-22(19)36(3,32)33/h4-10,15-16H,11-14H2,1-3H3,(H2,26,27,28,29). The lowest BCUT2D eigenvalue weighted by Crippen LogP contribution is -2.44. The Morgan fingerprint density at radius 3 is 2.50 bits per heavy atom. The Hall–Kier alpha value is -3.41. The third-order valence-electron chi connectivity index (χ3n) is 6.14. The molecule has 0 spiro atoms. The van der Waals surface area contributed by atoms with Crippen LogP contribution in [-0.4, -0.2) is 69.9 Å². The van der Waals surface area contributed by atoms with E-state index in [1.54, 1.807) is 31.4 Å². The minimum Gasteiger partial charge on any atom is -0.494 e. The monoisotopic (exact) mass is 524 g/mol. The van der Waals surface area contributed by atoms with E-state index in [1.807, 2.05) is 23.6 Å². The van der Waals surface area contributed by atoms with E-state index in [-0.39, 0.29) is 4.90 Å². The van der Waals surface area contributed by atoms with Gasteiger partial charge < -0.3 is 25.2 Å². The van der Waals surface area contributed by atoms with Crippen molar-refractivity contribution in [3.05, 3.63) is 53.9 Å². The molecule has 2 aromatic heterocycles. The second-order valence-electron chi connectivity index (χ2n) is 8.72. The first-order valence-electron chi connectivity index (χ1n) is 11.5. The van der Waals surface area contributed by atoms with Gasteiger partial charge in [0.25, 0.3) is 0 Å². The molecule has 5 rings (SSSR count). The fourth-order valence-corrected chi connectivity index (χ4v) is 5.81. The summed E-state index contributed by atoms with van der Waals surface area (Å²) in [6, 6.07) is 14.8. The summed E-state index contributed by atoms with van der Waals surface area (Å²) >= 11 is 1.49. The molecule has 1 aliphatic heterocycles. The maximum Gasteiger partial charge on any atom is 0.229 e. The smallest absolute Gasteiger partial charge is 0.229 e. The van der Waals surface area contributed by atoms with Crippen LogP contribution in [0.5, 0.6) is 5.75 Å². The molecule has 1 fully saturated rings. The maximum absolute atomic E-state index is 12.3. The number of fused-ring (bicyclic) bond motifs is 1. The van der Waals surface area contributed by atoms with Crippen LogP contribution in [0.2, 0.25) is 0 Å². The number of nitrogens with zero attached hydrogens (tertiary/aromatic N) is 4. The lowest BCUT2D eigenvalue weighted by Gasteiger charge is -2.34. The van der Waals surface area contributed by atoms with Crippen molar-refractivity contribution in [1.29, 1.82) is 0 Å². The van der Waals surface area contributed by atoms with Gasteiger partial charge in [0.1, 0.15) is 5.75 Å². The molecule has 0 atom stereocenters. The van der Waals surface area contributed by atoms with Crippen LogP contribution < -0.4 is 20.3 Å². The van der Waals surface area contributed by atoms with E-state index < -0.39 is 9.84 Å². The molecule has 0 bridgehead atoms. The maximum atomic E-state index is 12.3. The van der Waals surface area contributed by atoms with Crippen molar-refractivity contribution >= 4 is 60.2 Å². The summed E-state index contributed by atoms with van der Waals surface area (Å²) in [5.74, 6) is 1.60. The number of rotatable bonds is 7. The Balaban J connectivity index is 1.46. The van der Waals surface area contributed by atoms with Crippen LogP contribution in [-0.2, 0) is 9.84 Å². The number of thiophene rings is 1. The van der Waals surface area contributed by atoms with Gasteiger partial charge in [-0.1, -0.05) is 12.1 Å². The van der Waals surface area contributed by atoms with Gasteiger partial charge in [-0.2, -0.15) is 4.98 Å². The highest BCUT2D eigenvalue weighted by Crippen LogP contribution is 2.35. The average molecular weight is 525 g/mol. The van der Waals surface area contributed by atoms with E-state index in [0.29, 0.717) is 23.2 Å². The molecule has 4 aromatic rings. The Labute approximate surface area is 214 Å². The number of hydrogen-bond donors (Lipinski definition) is 2. The molecule has 3 heterocycles. The number of likely N-dealkylation sites (N-methyl/N-ethyl adjacent to an activating group) is 1. The van der Waals surface area contributed by atoms with Crippen LogP contribution in [0.3, 0.4) is 0 Å². The van der Waals surface area contributed by atoms with E-state index in [0.717, 1.165) is 47.8 Å². The van der Waals surface area contributed by atoms with Crippen LogP contribution in [0.25, 0.3) is 10.2 Å². The van der Waals surface area contributed by atoms with E-state index in [1.165, 1.54) is 17.6 Å². The van der Waals surface area contributed by atoms with Crippen molar-refractivity contribution in [2.24, 2.45) is 0 Å². The number of benzene rings is 2. The third kappa shape index (κ3) is 5.08. The highest BCUT2D eigenvalue weighted by molar-refractivity contribution is 7.90. The fourth-order valence-electron chi connectivity index (χ4n) is 4.19. The van der Waals surface area contributed by atoms with Crippen LogP contribution in [0.1, 0.15) is 0 Å². The summed E-state index contributed by atoms with van der Waals surface area (Å²) in [6.45, 7) is 3.98. The number of anilines is 5. The van der Waals surface area contributed by atoms with E-state index in [2.05, 4.69) is 38.5 Å². The number of hydrogen-bond acceptors (Lipinski definition) is 10. The van der Waals surface area contributed by atoms with Crippen molar-refractivity contribution < 1.29 is 13.2 Å². The molecular formula is C25H28N6O3S2. The molecule has 9 nitrogen and oxygen atoms in total. The molecule has 1 saturated heterocycles. The predicted molar refractivity (Wildman–Crippen MR) is 146 cm³/mol. The summed E-state index contributed by atoms with van der Waals surface area (Å²) in [5.41, 5.74) is 3.07. The zero-order chi connectivity index (χ0) is 25.3. The predicted octanol–water partition coefficient (Wildman–Crippen LogP) is 4.34. The Kier molecular flexibility index (Phi) is 6.69. The van der Waals surface area contributed by atoms with Crippen molar-refractivity contribution in [2.45, 2.75) is 4.90 Å². The molecule has 2 N–H and O–H groups in total. The van der Waals surface area contributed by atoms with Crippen LogP contribution in [0, 0.1) is 0 Å². The van der Waals surface area contributed by atoms with Crippen molar-refractivity contribution in [1.82, 2.24) is 14.9 Å². The van der Waals surface area contributed by atoms with Crippen molar-refractivity contribution in [3.63, 3.8) is 0 Å². The summed E-state index contributed by atoms with van der Waals surface area (Å²) in [5, 5.41) is 8.44. The summed E-state index contributed by atoms with van der Waals surface area (Å²) in [4.78, 5) is 14.2. The van der Waals surface area contributed by atoms with Crippen LogP contribution >= 0.6 is 11.3 Å². The first-order chi connectivity index (χ1) is 17.3. The van der Waals surface area contributed by atoms with E-state index in [9.17, 15) is 8.42 Å². The molecule has 188 valence electrons. The molecule has 0 amide bonds. The first-order valence-corrected chi connectivity index (χ1v) is 14.3. The number of methoxy groups -OCH3 is 1. The van der Waals surface area contributed by atoms with Gasteiger partial charge in [0.05, 0.1) is 33.6 Å². The molecule has 36 heavy (non-hydrogen) atoms. The van der Waals surface area contributed by atoms with Gasteiger partial charge in [0.15, 0.2) is 15.7 Å². The van der Waals surface area contributed by atoms with Gasteiger partial charge in [-0.05, 0) is 42.8 Å². The van der Waals surface area contributed by atoms with Crippen molar-refractivity contribution in [3.8, 4) is 5.75 Å². The molecular weight excluding hydrogens is 496 g/mol. The highest BCUT2D eigenvalue weighted by atomic mass is 32.2. The number of aromatic nitrogens is 2. The van der Waals surface area contributed by atoms with E-state index in [4.69, 9.17) is 9.72 Å². The quantitative estimate of drug-likeness (QED) is 0.366. The second-order valence-corrected chi connectivity index (χ2v) is 11.6. The molecule has 0 saturated carbocycles. The summed E-state index contributed by atoms with van der Waals surface area (Å²) < 4.78 is 31.1. The zero-order valence-electron chi connectivity index (χ0n) is 20.4. The lowest BCUT2D eigenvalue weighted by atomic mass is 10.2. The molecule has 2 aromatic carbocycles. The molecule has 11 heteroatoms. The summed E-state index contributed by atoms with van der Waals surface area (Å²) in [6.07, 6.45) is 1.19. The van der Waals surface area contributed by atoms with Gasteiger partial charge in [-0.3, -0.25) is 0 Å². The number of para-hydroxylation sites is 1. The Bertz CT molecular complexity index is 1500. The Morgan fingerprint density at radius 1 is 0.972 bits per heavy atom. The minimum absolute atomic E-state index is 0.212. The van der Waals surface area contributed by atoms with Crippen molar-refractivity contribution in [2.75, 3.05) is 62.1 Å². The molecule has 0 aliphatic carbocycles. The minimum atomic E-state index is -3.42. The van der Waals surface area contributed by atoms with Crippen LogP contribution in [0.4, 0.5) is 28.8 Å². The number of piperazine rings is 1. The van der Waals surface area contributed by atoms with Gasteiger partial charge in [0.2, 0.25) is 5.95 Å². The largest absolute Gasteiger partial charge is 0.494 e. The lowest BCUT2D eigenvalue weighted by molar-refractivity contribution is 0.312. The second kappa shape index (κ2) is 9.92. The molecule has 1 aliphatic rings. The number of ether oxygens (including phenoxy) is 1. The third-order valence-corrected chi connectivity index (χ3v) is 8.21. The van der Waals surface area contributed by atoms with Gasteiger partial charge in [0, 0.05) is 44.2 Å². The number of sulfone groups is 1. The number of nitrogens with one attached hydrogen (secondary N) is 2. The highest BCUT2D eigenvalue weighted by Gasteiger charge is 2.18. The molecule has 0 radical (unpaired) electrons. The Morgan fingerprint density at radius 2 is 1.75 bits per heavy atom. The summed E-state index contributed by atoms with van der Waals surface area (Å²) in [7, 11) is 0.363. The first kappa shape index (κ1) is 24.3. The zero-order valence-corrected chi connectivity index (χ0v) is 22.0. The van der Waals surface area contributed by atoms with Crippen LogP contribution in [0.15, 0.2) is 58.8 Å². The van der Waals surface area contributed by atoms with Gasteiger partial charge in [-0.15, -0.1) is 11.3 Å². The topological polar surface area (TPSA) is 99.7 Å². The molecule has 0 unspecified atom stereocenters. The normalized spacial score (nSPS) is 14.7. The SMILES string of the molecule is COc1cc(N2CCN(C)CC2)ccc1Nc1nc(Nc2ccccc2S(C)(=O)=O)c2sccc2n1. The van der Waals surface area contributed by atoms with E-state index >= 15 is 0 Å². The van der Waals surface area contributed by atoms with Gasteiger partial charge >= 0.3 is 0 Å². The fraction of sp³-hybridized carbons (Fsp3) is 0.280.